The Bertz CT molecular complexity index is 419. The van der Waals surface area contributed by atoms with Gasteiger partial charge in [0, 0.05) is 30.8 Å². The number of benzene rings is 1. The summed E-state index contributed by atoms with van der Waals surface area (Å²) in [5, 5.41) is 14.0. The molecule has 1 aliphatic rings. The van der Waals surface area contributed by atoms with Gasteiger partial charge < -0.3 is 10.1 Å². The first-order valence-electron chi connectivity index (χ1n) is 5.42. The molecular weight excluding hydrogens is 288 g/mol. The zero-order chi connectivity index (χ0) is 12.3. The van der Waals surface area contributed by atoms with Crippen LogP contribution in [0.4, 0.5) is 11.4 Å². The van der Waals surface area contributed by atoms with Crippen molar-refractivity contribution in [3.63, 3.8) is 0 Å². The lowest BCUT2D eigenvalue weighted by Crippen LogP contribution is -2.14. The highest BCUT2D eigenvalue weighted by molar-refractivity contribution is 9.10. The van der Waals surface area contributed by atoms with Gasteiger partial charge in [-0.15, -0.1) is 0 Å². The lowest BCUT2D eigenvalue weighted by atomic mass is 10.1. The van der Waals surface area contributed by atoms with Gasteiger partial charge in [0.05, 0.1) is 16.0 Å². The van der Waals surface area contributed by atoms with Gasteiger partial charge in [-0.05, 0) is 34.5 Å². The molecule has 1 aromatic carbocycles. The highest BCUT2D eigenvalue weighted by Crippen LogP contribution is 2.28. The summed E-state index contributed by atoms with van der Waals surface area (Å²) in [4.78, 5) is 10.4. The average molecular weight is 301 g/mol. The van der Waals surface area contributed by atoms with Crippen molar-refractivity contribution in [2.75, 3.05) is 25.1 Å². The molecule has 1 aromatic rings. The summed E-state index contributed by atoms with van der Waals surface area (Å²) in [7, 11) is 0. The molecule has 1 atom stereocenters. The number of nitrogens with one attached hydrogen (secondary N) is 1. The minimum Gasteiger partial charge on any atom is -0.384 e. The largest absolute Gasteiger partial charge is 0.384 e. The number of rotatable bonds is 4. The van der Waals surface area contributed by atoms with E-state index in [4.69, 9.17) is 4.74 Å². The molecular formula is C11H13BrN2O3. The first kappa shape index (κ1) is 12.3. The van der Waals surface area contributed by atoms with Gasteiger partial charge >= 0.3 is 0 Å². The minimum atomic E-state index is -0.395. The molecule has 6 heteroatoms. The third-order valence-corrected chi connectivity index (χ3v) is 3.43. The maximum absolute atomic E-state index is 10.8. The zero-order valence-electron chi connectivity index (χ0n) is 9.19. The van der Waals surface area contributed by atoms with Gasteiger partial charge in [-0.3, -0.25) is 10.1 Å². The molecule has 0 radical (unpaired) electrons. The van der Waals surface area contributed by atoms with Crippen molar-refractivity contribution in [3.8, 4) is 0 Å². The summed E-state index contributed by atoms with van der Waals surface area (Å²) < 4.78 is 5.77. The molecule has 0 amide bonds. The Balaban J connectivity index is 2.00. The quantitative estimate of drug-likeness (QED) is 0.686. The van der Waals surface area contributed by atoms with E-state index in [1.807, 2.05) is 6.07 Å². The fraction of sp³-hybridized carbons (Fsp3) is 0.455. The maximum Gasteiger partial charge on any atom is 0.285 e. The molecule has 1 heterocycles. The van der Waals surface area contributed by atoms with E-state index in [1.54, 1.807) is 12.1 Å². The summed E-state index contributed by atoms with van der Waals surface area (Å²) in [6.07, 6.45) is 1.05. The van der Waals surface area contributed by atoms with E-state index in [0.29, 0.717) is 10.4 Å². The summed E-state index contributed by atoms with van der Waals surface area (Å²) in [5.41, 5.74) is 0.851. The molecule has 5 nitrogen and oxygen atoms in total. The number of nitro benzene ring substituents is 1. The van der Waals surface area contributed by atoms with Crippen LogP contribution in [-0.4, -0.2) is 24.7 Å². The number of halogens is 1. The fourth-order valence-corrected chi connectivity index (χ4v) is 2.16. The van der Waals surface area contributed by atoms with Crippen molar-refractivity contribution < 1.29 is 9.66 Å². The van der Waals surface area contributed by atoms with Crippen LogP contribution in [0, 0.1) is 16.0 Å². The Labute approximate surface area is 107 Å². The van der Waals surface area contributed by atoms with Crippen molar-refractivity contribution in [1.29, 1.82) is 0 Å². The van der Waals surface area contributed by atoms with Crippen LogP contribution in [0.5, 0.6) is 0 Å². The fourth-order valence-electron chi connectivity index (χ4n) is 1.77. The molecule has 1 saturated heterocycles. The van der Waals surface area contributed by atoms with Gasteiger partial charge in [-0.25, -0.2) is 0 Å². The molecule has 1 fully saturated rings. The number of hydrogen-bond acceptors (Lipinski definition) is 4. The predicted octanol–water partition coefficient (Wildman–Crippen LogP) is 2.81. The first-order valence-corrected chi connectivity index (χ1v) is 6.21. The molecule has 2 rings (SSSR count). The highest BCUT2D eigenvalue weighted by atomic mass is 79.9. The third kappa shape index (κ3) is 3.17. The van der Waals surface area contributed by atoms with Crippen LogP contribution in [0.3, 0.4) is 0 Å². The molecule has 1 unspecified atom stereocenters. The van der Waals surface area contributed by atoms with Crippen LogP contribution in [0.25, 0.3) is 0 Å². The van der Waals surface area contributed by atoms with E-state index in [9.17, 15) is 10.1 Å². The van der Waals surface area contributed by atoms with Crippen molar-refractivity contribution in [2.24, 2.45) is 5.92 Å². The average Bonchev–Trinajstić information content (AvgIpc) is 2.80. The molecule has 92 valence electrons. The summed E-state index contributed by atoms with van der Waals surface area (Å²) in [6.45, 7) is 2.37. The molecule has 0 spiro atoms. The Kier molecular flexibility index (Phi) is 3.96. The van der Waals surface area contributed by atoms with Gasteiger partial charge in [0.1, 0.15) is 0 Å². The van der Waals surface area contributed by atoms with E-state index in [2.05, 4.69) is 21.2 Å². The Hall–Kier alpha value is -1.14. The van der Waals surface area contributed by atoms with Gasteiger partial charge in [0.15, 0.2) is 0 Å². The van der Waals surface area contributed by atoms with E-state index < -0.39 is 4.92 Å². The Morgan fingerprint density at radius 3 is 3.06 bits per heavy atom. The van der Waals surface area contributed by atoms with Crippen molar-refractivity contribution in [3.05, 3.63) is 32.8 Å². The Morgan fingerprint density at radius 1 is 1.59 bits per heavy atom. The number of ether oxygens (including phenoxy) is 1. The molecule has 17 heavy (non-hydrogen) atoms. The highest BCUT2D eigenvalue weighted by Gasteiger charge is 2.16. The number of hydrogen-bond donors (Lipinski definition) is 1. The SMILES string of the molecule is O=[N+]([O-])c1cc(NCC2CCOC2)ccc1Br. The van der Waals surface area contributed by atoms with E-state index in [-0.39, 0.29) is 5.69 Å². The minimum absolute atomic E-state index is 0.0812. The van der Waals surface area contributed by atoms with E-state index in [1.165, 1.54) is 0 Å². The lowest BCUT2D eigenvalue weighted by Gasteiger charge is -2.10. The molecule has 0 bridgehead atoms. The molecule has 1 N–H and O–H groups in total. The van der Waals surface area contributed by atoms with Crippen LogP contribution in [0.1, 0.15) is 6.42 Å². The van der Waals surface area contributed by atoms with Crippen molar-refractivity contribution in [2.45, 2.75) is 6.42 Å². The maximum atomic E-state index is 10.8. The summed E-state index contributed by atoms with van der Waals surface area (Å²) in [6, 6.07) is 5.05. The molecule has 1 aliphatic heterocycles. The van der Waals surface area contributed by atoms with Crippen molar-refractivity contribution in [1.82, 2.24) is 0 Å². The van der Waals surface area contributed by atoms with E-state index >= 15 is 0 Å². The summed E-state index contributed by atoms with van der Waals surface area (Å²) in [5.74, 6) is 0.498. The first-order chi connectivity index (χ1) is 8.16. The van der Waals surface area contributed by atoms with Gasteiger partial charge in [-0.1, -0.05) is 0 Å². The number of anilines is 1. The molecule has 0 aromatic heterocycles. The van der Waals surface area contributed by atoms with Crippen LogP contribution < -0.4 is 5.32 Å². The standard InChI is InChI=1S/C11H13BrN2O3/c12-10-2-1-9(5-11(10)14(15)16)13-6-8-3-4-17-7-8/h1-2,5,8,13H,3-4,6-7H2. The second-order valence-electron chi connectivity index (χ2n) is 4.03. The second-order valence-corrected chi connectivity index (χ2v) is 4.89. The summed E-state index contributed by atoms with van der Waals surface area (Å²) >= 11 is 3.16. The van der Waals surface area contributed by atoms with Gasteiger partial charge in [0.25, 0.3) is 5.69 Å². The lowest BCUT2D eigenvalue weighted by molar-refractivity contribution is -0.385. The van der Waals surface area contributed by atoms with E-state index in [0.717, 1.165) is 31.9 Å². The van der Waals surface area contributed by atoms with Crippen molar-refractivity contribution >= 4 is 27.3 Å². The van der Waals surface area contributed by atoms with Gasteiger partial charge in [0.2, 0.25) is 0 Å². The van der Waals surface area contributed by atoms with Crippen LogP contribution >= 0.6 is 15.9 Å². The molecule has 0 aliphatic carbocycles. The smallest absolute Gasteiger partial charge is 0.285 e. The Morgan fingerprint density at radius 2 is 2.41 bits per heavy atom. The zero-order valence-corrected chi connectivity index (χ0v) is 10.8. The number of nitro groups is 1. The topological polar surface area (TPSA) is 64.4 Å². The monoisotopic (exact) mass is 300 g/mol. The second kappa shape index (κ2) is 5.46. The van der Waals surface area contributed by atoms with Crippen LogP contribution in [0.15, 0.2) is 22.7 Å². The third-order valence-electron chi connectivity index (χ3n) is 2.76. The number of nitrogens with zero attached hydrogens (tertiary/aromatic N) is 1. The molecule has 0 saturated carbocycles. The van der Waals surface area contributed by atoms with Gasteiger partial charge in [-0.2, -0.15) is 0 Å². The predicted molar refractivity (Wildman–Crippen MR) is 68.2 cm³/mol. The van der Waals surface area contributed by atoms with Crippen LogP contribution in [0.2, 0.25) is 0 Å². The van der Waals surface area contributed by atoms with Crippen LogP contribution in [-0.2, 0) is 4.74 Å². The normalized spacial score (nSPS) is 19.2.